The number of hydrogen-bond donors (Lipinski definition) is 2. The van der Waals surface area contributed by atoms with Gasteiger partial charge in [-0.25, -0.2) is 0 Å². The molecule has 2 aromatic heterocycles. The first-order valence-corrected chi connectivity index (χ1v) is 10.8. The topological polar surface area (TPSA) is 70.8 Å². The molecule has 2 heterocycles. The molecule has 32 heavy (non-hydrogen) atoms. The molecule has 1 amide bonds. The molecular formula is C27H30N4O. The molecule has 1 atom stereocenters. The lowest BCUT2D eigenvalue weighted by molar-refractivity contribution is 0.102. The molecule has 0 saturated carbocycles. The summed E-state index contributed by atoms with van der Waals surface area (Å²) in [5.74, 6) is 0.250. The minimum absolute atomic E-state index is 0.185. The van der Waals surface area contributed by atoms with Crippen LogP contribution in [-0.4, -0.2) is 15.5 Å². The minimum atomic E-state index is -0.185. The maximum absolute atomic E-state index is 12.8. The Morgan fingerprint density at radius 1 is 1.09 bits per heavy atom. The van der Waals surface area contributed by atoms with Gasteiger partial charge in [-0.2, -0.15) is 0 Å². The molecule has 3 rings (SSSR count). The average molecular weight is 427 g/mol. The molecular weight excluding hydrogens is 396 g/mol. The molecule has 0 bridgehead atoms. The van der Waals surface area contributed by atoms with Gasteiger partial charge in [0.15, 0.2) is 0 Å². The van der Waals surface area contributed by atoms with Crippen LogP contribution in [0.2, 0.25) is 0 Å². The van der Waals surface area contributed by atoms with E-state index in [9.17, 15) is 4.79 Å². The van der Waals surface area contributed by atoms with Gasteiger partial charge in [-0.05, 0) is 74.2 Å². The van der Waals surface area contributed by atoms with Crippen molar-refractivity contribution in [1.82, 2.24) is 9.55 Å². The fourth-order valence-corrected chi connectivity index (χ4v) is 3.31. The molecule has 0 aliphatic heterocycles. The van der Waals surface area contributed by atoms with Crippen molar-refractivity contribution >= 4 is 29.4 Å². The Bertz CT molecular complexity index is 1190. The van der Waals surface area contributed by atoms with E-state index in [2.05, 4.69) is 31.1 Å². The highest BCUT2D eigenvalue weighted by atomic mass is 16.1. The van der Waals surface area contributed by atoms with Crippen molar-refractivity contribution in [3.8, 4) is 0 Å². The Labute approximate surface area is 189 Å². The van der Waals surface area contributed by atoms with Gasteiger partial charge in [-0.15, -0.1) is 0 Å². The molecule has 0 saturated heterocycles. The number of benzene rings is 1. The fraction of sp³-hybridized carbons (Fsp3) is 0.222. The SMILES string of the molecule is CCC(C)/C(C)=C(\C)n1cc(NC(=O)c2ccc(/C=C/c3ccccn3)cc2)ccc1=N. The van der Waals surface area contributed by atoms with Gasteiger partial charge >= 0.3 is 0 Å². The summed E-state index contributed by atoms with van der Waals surface area (Å²) in [5.41, 5.74) is 5.74. The zero-order valence-corrected chi connectivity index (χ0v) is 19.1. The number of rotatable bonds is 7. The number of pyridine rings is 2. The molecule has 0 aliphatic rings. The lowest BCUT2D eigenvalue weighted by Crippen LogP contribution is -2.20. The van der Waals surface area contributed by atoms with Crippen molar-refractivity contribution in [3.05, 3.63) is 94.9 Å². The molecule has 5 heteroatoms. The summed E-state index contributed by atoms with van der Waals surface area (Å²) >= 11 is 0. The van der Waals surface area contributed by atoms with Crippen LogP contribution >= 0.6 is 0 Å². The van der Waals surface area contributed by atoms with E-state index < -0.39 is 0 Å². The van der Waals surface area contributed by atoms with Crippen LogP contribution in [0.3, 0.4) is 0 Å². The second-order valence-electron chi connectivity index (χ2n) is 7.91. The van der Waals surface area contributed by atoms with Gasteiger partial charge in [0.2, 0.25) is 0 Å². The monoisotopic (exact) mass is 426 g/mol. The Morgan fingerprint density at radius 3 is 2.50 bits per heavy atom. The number of carbonyl (C=O) groups is 1. The van der Waals surface area contributed by atoms with Gasteiger partial charge in [0, 0.05) is 23.7 Å². The molecule has 0 aliphatic carbocycles. The molecule has 2 N–H and O–H groups in total. The predicted molar refractivity (Wildman–Crippen MR) is 132 cm³/mol. The van der Waals surface area contributed by atoms with Gasteiger partial charge in [-0.3, -0.25) is 15.2 Å². The first-order chi connectivity index (χ1) is 15.4. The van der Waals surface area contributed by atoms with E-state index in [0.29, 0.717) is 22.7 Å². The van der Waals surface area contributed by atoms with E-state index in [1.165, 1.54) is 5.57 Å². The summed E-state index contributed by atoms with van der Waals surface area (Å²) in [6.07, 6.45) is 8.52. The van der Waals surface area contributed by atoms with Crippen LogP contribution in [0.15, 0.2) is 72.6 Å². The van der Waals surface area contributed by atoms with Crippen LogP contribution in [0.5, 0.6) is 0 Å². The Balaban J connectivity index is 1.75. The largest absolute Gasteiger partial charge is 0.321 e. The average Bonchev–Trinajstić information content (AvgIpc) is 2.83. The Kier molecular flexibility index (Phi) is 7.55. The fourth-order valence-electron chi connectivity index (χ4n) is 3.31. The van der Waals surface area contributed by atoms with Gasteiger partial charge in [0.1, 0.15) is 5.49 Å². The second-order valence-corrected chi connectivity index (χ2v) is 7.91. The van der Waals surface area contributed by atoms with Crippen LogP contribution in [-0.2, 0) is 0 Å². The third-order valence-corrected chi connectivity index (χ3v) is 5.80. The molecule has 0 radical (unpaired) electrons. The lowest BCUT2D eigenvalue weighted by atomic mass is 9.98. The molecule has 5 nitrogen and oxygen atoms in total. The highest BCUT2D eigenvalue weighted by molar-refractivity contribution is 6.04. The summed E-state index contributed by atoms with van der Waals surface area (Å²) in [6, 6.07) is 16.6. The Morgan fingerprint density at radius 2 is 1.84 bits per heavy atom. The summed E-state index contributed by atoms with van der Waals surface area (Å²) < 4.78 is 1.82. The van der Waals surface area contributed by atoms with Gasteiger partial charge < -0.3 is 9.88 Å². The van der Waals surface area contributed by atoms with E-state index >= 15 is 0 Å². The van der Waals surface area contributed by atoms with Crippen molar-refractivity contribution in [1.29, 1.82) is 5.41 Å². The zero-order chi connectivity index (χ0) is 23.1. The van der Waals surface area contributed by atoms with Crippen LogP contribution in [0.4, 0.5) is 5.69 Å². The van der Waals surface area contributed by atoms with Crippen LogP contribution in [0.25, 0.3) is 17.8 Å². The Hall–Kier alpha value is -3.73. The third kappa shape index (κ3) is 5.70. The van der Waals surface area contributed by atoms with Crippen molar-refractivity contribution in [2.75, 3.05) is 5.32 Å². The maximum atomic E-state index is 12.8. The molecule has 3 aromatic rings. The predicted octanol–water partition coefficient (Wildman–Crippen LogP) is 6.08. The van der Waals surface area contributed by atoms with Gasteiger partial charge in [-0.1, -0.05) is 43.7 Å². The number of aromatic nitrogens is 2. The number of amides is 1. The smallest absolute Gasteiger partial charge is 0.255 e. The van der Waals surface area contributed by atoms with Crippen LogP contribution in [0, 0.1) is 11.3 Å². The van der Waals surface area contributed by atoms with Crippen molar-refractivity contribution in [2.24, 2.45) is 5.92 Å². The normalized spacial score (nSPS) is 13.0. The van der Waals surface area contributed by atoms with Gasteiger partial charge in [0.25, 0.3) is 5.91 Å². The second kappa shape index (κ2) is 10.5. The number of allylic oxidation sites excluding steroid dienone is 2. The van der Waals surface area contributed by atoms with Crippen LogP contribution in [0.1, 0.15) is 55.7 Å². The summed E-state index contributed by atoms with van der Waals surface area (Å²) in [4.78, 5) is 17.0. The van der Waals surface area contributed by atoms with E-state index in [1.807, 2.05) is 60.2 Å². The molecule has 0 fully saturated rings. The standard InChI is InChI=1S/C27H30N4O/c1-5-19(2)20(3)21(4)31-18-25(15-16-26(31)28)30-27(32)23-12-9-22(10-13-23)11-14-24-8-6-7-17-29-24/h6-19,28H,5H2,1-4H3,(H,30,32)/b14-11+,21-20+,28-26?. The highest BCUT2D eigenvalue weighted by Crippen LogP contribution is 2.21. The summed E-state index contributed by atoms with van der Waals surface area (Å²) in [6.45, 7) is 8.46. The minimum Gasteiger partial charge on any atom is -0.321 e. The van der Waals surface area contributed by atoms with Gasteiger partial charge in [0.05, 0.1) is 11.4 Å². The number of hydrogen-bond acceptors (Lipinski definition) is 3. The molecule has 164 valence electrons. The van der Waals surface area contributed by atoms with Crippen molar-refractivity contribution in [3.63, 3.8) is 0 Å². The first kappa shape index (κ1) is 22.9. The number of nitrogens with one attached hydrogen (secondary N) is 2. The van der Waals surface area contributed by atoms with E-state index in [0.717, 1.165) is 23.4 Å². The summed E-state index contributed by atoms with van der Waals surface area (Å²) in [7, 11) is 0. The quantitative estimate of drug-likeness (QED) is 0.480. The zero-order valence-electron chi connectivity index (χ0n) is 19.1. The van der Waals surface area contributed by atoms with Crippen molar-refractivity contribution < 1.29 is 4.79 Å². The molecule has 1 unspecified atom stereocenters. The molecule has 1 aromatic carbocycles. The van der Waals surface area contributed by atoms with Crippen LogP contribution < -0.4 is 10.8 Å². The highest BCUT2D eigenvalue weighted by Gasteiger charge is 2.10. The third-order valence-electron chi connectivity index (χ3n) is 5.80. The van der Waals surface area contributed by atoms with E-state index in [4.69, 9.17) is 5.41 Å². The number of anilines is 1. The maximum Gasteiger partial charge on any atom is 0.255 e. The molecule has 0 spiro atoms. The summed E-state index contributed by atoms with van der Waals surface area (Å²) in [5, 5.41) is 11.2. The number of nitrogens with zero attached hydrogens (tertiary/aromatic N) is 2. The van der Waals surface area contributed by atoms with Crippen molar-refractivity contribution in [2.45, 2.75) is 34.1 Å². The number of carbonyl (C=O) groups excluding carboxylic acids is 1. The van der Waals surface area contributed by atoms with E-state index in [-0.39, 0.29) is 5.91 Å². The first-order valence-electron chi connectivity index (χ1n) is 10.8. The van der Waals surface area contributed by atoms with E-state index in [1.54, 1.807) is 30.5 Å². The lowest BCUT2D eigenvalue weighted by Gasteiger charge is -2.17.